The number of ether oxygens (including phenoxy) is 2. The fraction of sp³-hybridized carbons (Fsp3) is 0.350. The largest absolute Gasteiger partial charge is 0.492 e. The Labute approximate surface area is 152 Å². The molecule has 4 heteroatoms. The van der Waals surface area contributed by atoms with Gasteiger partial charge in [-0.1, -0.05) is 44.4 Å². The van der Waals surface area contributed by atoms with Crippen LogP contribution in [0.25, 0.3) is 0 Å². The van der Waals surface area contributed by atoms with Gasteiger partial charge in [-0.15, -0.1) is 0 Å². The molecule has 0 spiro atoms. The van der Waals surface area contributed by atoms with E-state index in [4.69, 9.17) is 9.47 Å². The Morgan fingerprint density at radius 2 is 1.83 bits per heavy atom. The molecule has 0 saturated heterocycles. The molecular formula is C20H23BrO3. The molecule has 0 heterocycles. The number of esters is 1. The summed E-state index contributed by atoms with van der Waals surface area (Å²) >= 11 is 3.47. The molecule has 2 rings (SSSR count). The van der Waals surface area contributed by atoms with Gasteiger partial charge in [0.1, 0.15) is 11.5 Å². The zero-order valence-electron chi connectivity index (χ0n) is 14.2. The van der Waals surface area contributed by atoms with Crippen molar-refractivity contribution in [3.05, 3.63) is 58.1 Å². The second kappa shape index (κ2) is 9.48. The number of hydrogen-bond donors (Lipinski definition) is 0. The van der Waals surface area contributed by atoms with Gasteiger partial charge in [-0.25, -0.2) is 4.79 Å². The lowest BCUT2D eigenvalue weighted by Crippen LogP contribution is -2.09. The average Bonchev–Trinajstić information content (AvgIpc) is 2.58. The summed E-state index contributed by atoms with van der Waals surface area (Å²) in [5, 5.41) is 0. The van der Waals surface area contributed by atoms with E-state index in [0.29, 0.717) is 17.9 Å². The quantitative estimate of drug-likeness (QED) is 0.318. The van der Waals surface area contributed by atoms with Gasteiger partial charge in [0.2, 0.25) is 0 Å². The van der Waals surface area contributed by atoms with Crippen LogP contribution in [0.15, 0.2) is 46.9 Å². The fourth-order valence-corrected chi connectivity index (χ4v) is 2.78. The van der Waals surface area contributed by atoms with Crippen LogP contribution in [0.3, 0.4) is 0 Å². The van der Waals surface area contributed by atoms with E-state index in [0.717, 1.165) is 22.2 Å². The number of carbonyl (C=O) groups is 1. The molecule has 0 aliphatic rings. The van der Waals surface area contributed by atoms with Crippen molar-refractivity contribution in [1.82, 2.24) is 0 Å². The molecule has 24 heavy (non-hydrogen) atoms. The monoisotopic (exact) mass is 390 g/mol. The molecule has 0 unspecified atom stereocenters. The molecular weight excluding hydrogens is 368 g/mol. The van der Waals surface area contributed by atoms with Gasteiger partial charge in [-0.3, -0.25) is 0 Å². The summed E-state index contributed by atoms with van der Waals surface area (Å²) in [5.74, 6) is 0.952. The minimum absolute atomic E-state index is 0.375. The number of unbranched alkanes of at least 4 members (excludes halogenated alkanes) is 3. The molecule has 0 fully saturated rings. The Balaban J connectivity index is 1.96. The Morgan fingerprint density at radius 3 is 2.54 bits per heavy atom. The van der Waals surface area contributed by atoms with Crippen molar-refractivity contribution in [2.45, 2.75) is 39.5 Å². The van der Waals surface area contributed by atoms with E-state index < -0.39 is 0 Å². The third-order valence-electron chi connectivity index (χ3n) is 3.72. The second-order valence-corrected chi connectivity index (χ2v) is 6.56. The van der Waals surface area contributed by atoms with E-state index >= 15 is 0 Å². The molecule has 2 aromatic carbocycles. The molecule has 0 saturated carbocycles. The molecule has 0 N–H and O–H groups in total. The first-order valence-corrected chi connectivity index (χ1v) is 9.11. The zero-order valence-corrected chi connectivity index (χ0v) is 15.8. The summed E-state index contributed by atoms with van der Waals surface area (Å²) in [5.41, 5.74) is 1.42. The molecule has 0 aliphatic carbocycles. The first kappa shape index (κ1) is 18.5. The predicted molar refractivity (Wildman–Crippen MR) is 99.9 cm³/mol. The summed E-state index contributed by atoms with van der Waals surface area (Å²) in [6, 6.07) is 12.7. The summed E-state index contributed by atoms with van der Waals surface area (Å²) in [7, 11) is 0. The molecule has 0 aromatic heterocycles. The van der Waals surface area contributed by atoms with Crippen molar-refractivity contribution in [2.24, 2.45) is 0 Å². The van der Waals surface area contributed by atoms with Crippen LogP contribution < -0.4 is 9.47 Å². The van der Waals surface area contributed by atoms with Crippen molar-refractivity contribution < 1.29 is 14.3 Å². The van der Waals surface area contributed by atoms with E-state index in [9.17, 15) is 4.79 Å². The van der Waals surface area contributed by atoms with E-state index in [-0.39, 0.29) is 5.97 Å². The molecule has 0 radical (unpaired) electrons. The highest BCUT2D eigenvalue weighted by Gasteiger charge is 2.12. The lowest BCUT2D eigenvalue weighted by atomic mass is 10.2. The fourth-order valence-electron chi connectivity index (χ4n) is 2.29. The molecule has 128 valence electrons. The number of rotatable bonds is 8. The maximum atomic E-state index is 12.3. The molecule has 2 aromatic rings. The van der Waals surface area contributed by atoms with Gasteiger partial charge in [0.05, 0.1) is 16.6 Å². The van der Waals surface area contributed by atoms with Crippen molar-refractivity contribution in [2.75, 3.05) is 6.61 Å². The molecule has 0 bridgehead atoms. The number of aryl methyl sites for hydroxylation is 1. The highest BCUT2D eigenvalue weighted by atomic mass is 79.9. The van der Waals surface area contributed by atoms with Crippen molar-refractivity contribution in [3.8, 4) is 11.5 Å². The number of para-hydroxylation sites is 1. The summed E-state index contributed by atoms with van der Waals surface area (Å²) in [6.45, 7) is 4.78. The normalized spacial score (nSPS) is 10.5. The van der Waals surface area contributed by atoms with Gasteiger partial charge in [-0.2, -0.15) is 0 Å². The van der Waals surface area contributed by atoms with Gasteiger partial charge >= 0.3 is 5.97 Å². The van der Waals surface area contributed by atoms with E-state index in [1.54, 1.807) is 24.3 Å². The maximum Gasteiger partial charge on any atom is 0.343 e. The van der Waals surface area contributed by atoms with Gasteiger partial charge in [0.15, 0.2) is 0 Å². The smallest absolute Gasteiger partial charge is 0.343 e. The standard InChI is InChI=1S/C20H23BrO3/c1-3-4-5-8-13-23-19-12-11-16(14-17(19)21)20(22)24-18-10-7-6-9-15(18)2/h6-7,9-12,14H,3-5,8,13H2,1-2H3. The molecule has 0 aliphatic heterocycles. The van der Waals surface area contributed by atoms with E-state index in [2.05, 4.69) is 22.9 Å². The Hall–Kier alpha value is -1.81. The van der Waals surface area contributed by atoms with Crippen LogP contribution in [-0.4, -0.2) is 12.6 Å². The number of hydrogen-bond acceptors (Lipinski definition) is 3. The number of benzene rings is 2. The summed E-state index contributed by atoms with van der Waals surface area (Å²) in [6.07, 6.45) is 4.65. The Bertz CT molecular complexity index is 682. The third-order valence-corrected chi connectivity index (χ3v) is 4.34. The van der Waals surface area contributed by atoms with Crippen molar-refractivity contribution in [3.63, 3.8) is 0 Å². The molecule has 0 amide bonds. The number of halogens is 1. The summed E-state index contributed by atoms with van der Waals surface area (Å²) in [4.78, 5) is 12.3. The van der Waals surface area contributed by atoms with Crippen LogP contribution in [0.4, 0.5) is 0 Å². The first-order valence-electron chi connectivity index (χ1n) is 8.32. The first-order chi connectivity index (χ1) is 11.6. The van der Waals surface area contributed by atoms with Crippen LogP contribution in [0.1, 0.15) is 48.5 Å². The highest BCUT2D eigenvalue weighted by Crippen LogP contribution is 2.27. The maximum absolute atomic E-state index is 12.3. The van der Waals surface area contributed by atoms with E-state index in [1.165, 1.54) is 19.3 Å². The average molecular weight is 391 g/mol. The lowest BCUT2D eigenvalue weighted by molar-refractivity contribution is 0.0733. The molecule has 0 atom stereocenters. The van der Waals surface area contributed by atoms with Crippen molar-refractivity contribution >= 4 is 21.9 Å². The van der Waals surface area contributed by atoms with Crippen LogP contribution >= 0.6 is 15.9 Å². The topological polar surface area (TPSA) is 35.5 Å². The van der Waals surface area contributed by atoms with Crippen LogP contribution in [0.2, 0.25) is 0 Å². The second-order valence-electron chi connectivity index (χ2n) is 5.71. The predicted octanol–water partition coefficient (Wildman–Crippen LogP) is 5.94. The zero-order chi connectivity index (χ0) is 17.4. The van der Waals surface area contributed by atoms with Gasteiger partial charge in [0, 0.05) is 0 Å². The number of carbonyl (C=O) groups excluding carboxylic acids is 1. The SMILES string of the molecule is CCCCCCOc1ccc(C(=O)Oc2ccccc2C)cc1Br. The lowest BCUT2D eigenvalue weighted by Gasteiger charge is -2.10. The van der Waals surface area contributed by atoms with Gasteiger partial charge < -0.3 is 9.47 Å². The Kier molecular flexibility index (Phi) is 7.32. The van der Waals surface area contributed by atoms with E-state index in [1.807, 2.05) is 25.1 Å². The minimum atomic E-state index is -0.375. The molecule has 3 nitrogen and oxygen atoms in total. The van der Waals surface area contributed by atoms with Crippen LogP contribution in [-0.2, 0) is 0 Å². The van der Waals surface area contributed by atoms with Crippen LogP contribution in [0, 0.1) is 6.92 Å². The Morgan fingerprint density at radius 1 is 1.04 bits per heavy atom. The van der Waals surface area contributed by atoms with Gasteiger partial charge in [0.25, 0.3) is 0 Å². The third kappa shape index (κ3) is 5.38. The summed E-state index contributed by atoms with van der Waals surface area (Å²) < 4.78 is 12.0. The van der Waals surface area contributed by atoms with Crippen LogP contribution in [0.5, 0.6) is 11.5 Å². The minimum Gasteiger partial charge on any atom is -0.492 e. The highest BCUT2D eigenvalue weighted by molar-refractivity contribution is 9.10. The van der Waals surface area contributed by atoms with Crippen molar-refractivity contribution in [1.29, 1.82) is 0 Å². The van der Waals surface area contributed by atoms with Gasteiger partial charge in [-0.05, 0) is 59.1 Å².